The summed E-state index contributed by atoms with van der Waals surface area (Å²) in [5.74, 6) is 1.22. The van der Waals surface area contributed by atoms with Crippen molar-refractivity contribution in [3.63, 3.8) is 0 Å². The van der Waals surface area contributed by atoms with Crippen molar-refractivity contribution in [2.45, 2.75) is 46.6 Å². The quantitative estimate of drug-likeness (QED) is 0.904. The normalized spacial score (nSPS) is 13.2. The fourth-order valence-corrected chi connectivity index (χ4v) is 1.69. The zero-order valence-electron chi connectivity index (χ0n) is 12.7. The van der Waals surface area contributed by atoms with Gasteiger partial charge in [-0.3, -0.25) is 0 Å². The minimum atomic E-state index is -0.431. The van der Waals surface area contributed by atoms with Crippen molar-refractivity contribution in [2.75, 3.05) is 0 Å². The zero-order valence-corrected chi connectivity index (χ0v) is 12.7. The molecule has 4 heteroatoms. The van der Waals surface area contributed by atoms with Crippen LogP contribution in [0.2, 0.25) is 0 Å². The summed E-state index contributed by atoms with van der Waals surface area (Å²) in [5.41, 5.74) is 0.897. The molecule has 1 aromatic heterocycles. The average molecular weight is 276 g/mol. The summed E-state index contributed by atoms with van der Waals surface area (Å²) in [5, 5.41) is 17.9. The number of aliphatic hydroxyl groups excluding tert-OH is 1. The zero-order chi connectivity index (χ0) is 15.0. The van der Waals surface area contributed by atoms with Gasteiger partial charge in [-0.15, -0.1) is 10.2 Å². The lowest BCUT2D eigenvalue weighted by molar-refractivity contribution is 0.108. The maximum Gasteiger partial charge on any atom is 0.247 e. The van der Waals surface area contributed by atoms with Gasteiger partial charge in [-0.05, 0) is 18.1 Å². The summed E-state index contributed by atoms with van der Waals surface area (Å²) >= 11 is 0. The summed E-state index contributed by atoms with van der Waals surface area (Å²) in [4.78, 5) is 0. The largest absolute Gasteiger partial charge is 0.421 e. The highest BCUT2D eigenvalue weighted by atomic mass is 16.4. The number of aliphatic hydroxyl groups is 1. The number of hydrogen-bond acceptors (Lipinski definition) is 4. The Morgan fingerprint density at radius 3 is 2.40 bits per heavy atom. The number of nitrogens with zero attached hydrogens (tertiary/aromatic N) is 2. The highest BCUT2D eigenvalue weighted by molar-refractivity contribution is 5.51. The first kappa shape index (κ1) is 16.4. The molecule has 2 atom stereocenters. The Morgan fingerprint density at radius 2 is 1.80 bits per heavy atom. The Kier molecular flexibility index (Phi) is 6.94. The van der Waals surface area contributed by atoms with Crippen LogP contribution in [0, 0.1) is 5.92 Å². The van der Waals surface area contributed by atoms with Crippen molar-refractivity contribution in [3.8, 4) is 11.5 Å². The van der Waals surface area contributed by atoms with Crippen molar-refractivity contribution < 1.29 is 9.52 Å². The minimum absolute atomic E-state index is 0.233. The van der Waals surface area contributed by atoms with Crippen LogP contribution >= 0.6 is 0 Å². The maximum atomic E-state index is 9.92. The van der Waals surface area contributed by atoms with E-state index in [0.717, 1.165) is 12.0 Å². The van der Waals surface area contributed by atoms with Crippen LogP contribution in [0.4, 0.5) is 0 Å². The highest BCUT2D eigenvalue weighted by Crippen LogP contribution is 2.19. The second-order valence-electron chi connectivity index (χ2n) is 4.52. The molecule has 1 N–H and O–H groups in total. The summed E-state index contributed by atoms with van der Waals surface area (Å²) < 4.78 is 5.55. The summed E-state index contributed by atoms with van der Waals surface area (Å²) in [6.07, 6.45) is 0.912. The highest BCUT2D eigenvalue weighted by Gasteiger charge is 2.17. The Bertz CT molecular complexity index is 482. The van der Waals surface area contributed by atoms with Crippen LogP contribution < -0.4 is 0 Å². The summed E-state index contributed by atoms with van der Waals surface area (Å²) in [7, 11) is 0. The standard InChI is InChI=1S/C14H18N2O2.C2H6/c1-3-10(2)12(17)9-13-15-16-14(18-13)11-7-5-4-6-8-11;1-2/h4-8,10,12,17H,3,9H2,1-2H3;1-2H3. The molecule has 4 nitrogen and oxygen atoms in total. The van der Waals surface area contributed by atoms with E-state index in [9.17, 15) is 5.11 Å². The van der Waals surface area contributed by atoms with Gasteiger partial charge in [-0.25, -0.2) is 0 Å². The van der Waals surface area contributed by atoms with Gasteiger partial charge in [0.25, 0.3) is 0 Å². The predicted molar refractivity (Wildman–Crippen MR) is 80.2 cm³/mol. The lowest BCUT2D eigenvalue weighted by atomic mass is 9.99. The fraction of sp³-hybridized carbons (Fsp3) is 0.500. The minimum Gasteiger partial charge on any atom is -0.421 e. The molecule has 0 fully saturated rings. The second-order valence-corrected chi connectivity index (χ2v) is 4.52. The number of benzene rings is 1. The molecule has 0 aliphatic carbocycles. The lowest BCUT2D eigenvalue weighted by Gasteiger charge is -2.14. The Balaban J connectivity index is 0.000000956. The molecule has 2 rings (SSSR count). The molecule has 110 valence electrons. The third-order valence-corrected chi connectivity index (χ3v) is 3.17. The number of hydrogen-bond donors (Lipinski definition) is 1. The molecule has 0 spiro atoms. The van der Waals surface area contributed by atoms with E-state index in [1.165, 1.54) is 0 Å². The Hall–Kier alpha value is -1.68. The van der Waals surface area contributed by atoms with Crippen LogP contribution in [-0.2, 0) is 6.42 Å². The first-order chi connectivity index (χ1) is 9.70. The fourth-order valence-electron chi connectivity index (χ4n) is 1.69. The smallest absolute Gasteiger partial charge is 0.247 e. The van der Waals surface area contributed by atoms with Gasteiger partial charge >= 0.3 is 0 Å². The van der Waals surface area contributed by atoms with Crippen molar-refractivity contribution in [3.05, 3.63) is 36.2 Å². The van der Waals surface area contributed by atoms with Gasteiger partial charge in [0.2, 0.25) is 11.8 Å². The summed E-state index contributed by atoms with van der Waals surface area (Å²) in [6, 6.07) is 9.62. The molecule has 0 radical (unpaired) electrons. The van der Waals surface area contributed by atoms with E-state index in [2.05, 4.69) is 17.1 Å². The third-order valence-electron chi connectivity index (χ3n) is 3.17. The molecule has 0 saturated heterocycles. The predicted octanol–water partition coefficient (Wildman–Crippen LogP) is 3.71. The van der Waals surface area contributed by atoms with Crippen molar-refractivity contribution in [2.24, 2.45) is 5.92 Å². The average Bonchev–Trinajstić information content (AvgIpc) is 2.97. The SMILES string of the molecule is CC.CCC(C)C(O)Cc1nnc(-c2ccccc2)o1. The molecule has 2 unspecified atom stereocenters. The first-order valence-electron chi connectivity index (χ1n) is 7.26. The molecule has 0 amide bonds. The molecular formula is C16H24N2O2. The third kappa shape index (κ3) is 4.46. The number of aromatic nitrogens is 2. The van der Waals surface area contributed by atoms with E-state index in [1.54, 1.807) is 0 Å². The van der Waals surface area contributed by atoms with Crippen LogP contribution in [0.25, 0.3) is 11.5 Å². The maximum absolute atomic E-state index is 9.92. The van der Waals surface area contributed by atoms with Crippen LogP contribution in [-0.4, -0.2) is 21.4 Å². The van der Waals surface area contributed by atoms with Gasteiger partial charge in [0.1, 0.15) is 0 Å². The van der Waals surface area contributed by atoms with E-state index >= 15 is 0 Å². The Morgan fingerprint density at radius 1 is 1.15 bits per heavy atom. The second kappa shape index (κ2) is 8.48. The number of rotatable bonds is 5. The van der Waals surface area contributed by atoms with Crippen LogP contribution in [0.1, 0.15) is 40.0 Å². The van der Waals surface area contributed by atoms with Crippen LogP contribution in [0.3, 0.4) is 0 Å². The van der Waals surface area contributed by atoms with E-state index < -0.39 is 6.10 Å². The molecule has 0 aliphatic rings. The van der Waals surface area contributed by atoms with Crippen molar-refractivity contribution >= 4 is 0 Å². The topological polar surface area (TPSA) is 59.2 Å². The van der Waals surface area contributed by atoms with Gasteiger partial charge in [0, 0.05) is 5.56 Å². The van der Waals surface area contributed by atoms with Gasteiger partial charge in [-0.2, -0.15) is 0 Å². The molecule has 2 aromatic rings. The van der Waals surface area contributed by atoms with Gasteiger partial charge in [0.15, 0.2) is 0 Å². The lowest BCUT2D eigenvalue weighted by Crippen LogP contribution is -2.19. The van der Waals surface area contributed by atoms with Gasteiger partial charge in [-0.1, -0.05) is 52.3 Å². The molecule has 0 bridgehead atoms. The molecule has 1 aromatic carbocycles. The molecule has 20 heavy (non-hydrogen) atoms. The molecule has 1 heterocycles. The van der Waals surface area contributed by atoms with E-state index in [1.807, 2.05) is 51.1 Å². The Labute approximate surface area is 120 Å². The van der Waals surface area contributed by atoms with Gasteiger partial charge in [0.05, 0.1) is 12.5 Å². The van der Waals surface area contributed by atoms with E-state index in [-0.39, 0.29) is 5.92 Å². The first-order valence-corrected chi connectivity index (χ1v) is 7.26. The summed E-state index contributed by atoms with van der Waals surface area (Å²) in [6.45, 7) is 8.07. The molecular weight excluding hydrogens is 252 g/mol. The van der Waals surface area contributed by atoms with E-state index in [0.29, 0.717) is 18.2 Å². The van der Waals surface area contributed by atoms with Crippen molar-refractivity contribution in [1.82, 2.24) is 10.2 Å². The van der Waals surface area contributed by atoms with E-state index in [4.69, 9.17) is 4.42 Å². The van der Waals surface area contributed by atoms with Crippen LogP contribution in [0.5, 0.6) is 0 Å². The van der Waals surface area contributed by atoms with Crippen molar-refractivity contribution in [1.29, 1.82) is 0 Å². The molecule has 0 saturated carbocycles. The van der Waals surface area contributed by atoms with Crippen LogP contribution in [0.15, 0.2) is 34.7 Å². The van der Waals surface area contributed by atoms with Gasteiger partial charge < -0.3 is 9.52 Å². The molecule has 0 aliphatic heterocycles. The monoisotopic (exact) mass is 276 g/mol.